The van der Waals surface area contributed by atoms with Crippen LogP contribution in [0.5, 0.6) is 0 Å². The van der Waals surface area contributed by atoms with Crippen LogP contribution in [0.15, 0.2) is 12.1 Å². The number of anilines is 2. The number of carbonyl (C=O) groups is 1. The van der Waals surface area contributed by atoms with E-state index in [1.54, 1.807) is 0 Å². The Morgan fingerprint density at radius 2 is 2.00 bits per heavy atom. The number of aromatic nitrogens is 1. The monoisotopic (exact) mass is 295 g/mol. The summed E-state index contributed by atoms with van der Waals surface area (Å²) in [7, 11) is 0. The summed E-state index contributed by atoms with van der Waals surface area (Å²) in [6, 6.07) is 1.82. The van der Waals surface area contributed by atoms with Crippen LogP contribution in [0.4, 0.5) is 19.6 Å². The lowest BCUT2D eigenvalue weighted by molar-refractivity contribution is 0.102. The Morgan fingerprint density at radius 1 is 1.30 bits per heavy atom. The number of aryl methyl sites for hydroxylation is 2. The van der Waals surface area contributed by atoms with Gasteiger partial charge in [-0.2, -0.15) is 0 Å². The summed E-state index contributed by atoms with van der Waals surface area (Å²) < 4.78 is 26.6. The van der Waals surface area contributed by atoms with Crippen LogP contribution in [0.3, 0.4) is 0 Å². The van der Waals surface area contributed by atoms with Crippen LogP contribution >= 0.6 is 11.3 Å². The van der Waals surface area contributed by atoms with Crippen molar-refractivity contribution in [3.8, 4) is 0 Å². The predicted octanol–water partition coefficient (Wildman–Crippen LogP) is 2.74. The Balaban J connectivity index is 1.82. The molecule has 0 unspecified atom stereocenters. The van der Waals surface area contributed by atoms with Gasteiger partial charge in [-0.15, -0.1) is 11.3 Å². The van der Waals surface area contributed by atoms with Crippen molar-refractivity contribution in [2.45, 2.75) is 19.3 Å². The number of carbonyl (C=O) groups excluding carboxylic acids is 1. The first-order valence-corrected chi connectivity index (χ1v) is 6.90. The van der Waals surface area contributed by atoms with Crippen molar-refractivity contribution in [1.82, 2.24) is 4.98 Å². The molecular weight excluding hydrogens is 284 g/mol. The lowest BCUT2D eigenvalue weighted by Gasteiger charge is -2.04. The van der Waals surface area contributed by atoms with E-state index in [1.165, 1.54) is 11.3 Å². The minimum absolute atomic E-state index is 0.121. The quantitative estimate of drug-likeness (QED) is 0.837. The number of thiazole rings is 1. The third-order valence-corrected chi connectivity index (χ3v) is 4.23. The van der Waals surface area contributed by atoms with Crippen molar-refractivity contribution in [2.75, 3.05) is 11.1 Å². The molecule has 0 saturated heterocycles. The molecule has 3 rings (SSSR count). The molecule has 0 aliphatic heterocycles. The van der Waals surface area contributed by atoms with Crippen molar-refractivity contribution in [3.05, 3.63) is 39.9 Å². The third kappa shape index (κ3) is 2.24. The number of rotatable bonds is 2. The van der Waals surface area contributed by atoms with Crippen molar-refractivity contribution in [1.29, 1.82) is 0 Å². The molecule has 1 aliphatic carbocycles. The maximum Gasteiger partial charge on any atom is 0.257 e. The fraction of sp³-hybridized carbons (Fsp3) is 0.231. The van der Waals surface area contributed by atoms with Gasteiger partial charge in [-0.05, 0) is 31.4 Å². The van der Waals surface area contributed by atoms with E-state index in [0.29, 0.717) is 5.13 Å². The normalized spacial score (nSPS) is 13.3. The molecule has 0 spiro atoms. The number of nitrogen functional groups attached to an aromatic ring is 1. The molecule has 2 aromatic rings. The smallest absolute Gasteiger partial charge is 0.257 e. The predicted molar refractivity (Wildman–Crippen MR) is 72.9 cm³/mol. The van der Waals surface area contributed by atoms with Crippen LogP contribution in [0.1, 0.15) is 27.3 Å². The Bertz CT molecular complexity index is 654. The van der Waals surface area contributed by atoms with E-state index in [1.807, 2.05) is 0 Å². The van der Waals surface area contributed by atoms with Crippen molar-refractivity contribution in [3.63, 3.8) is 0 Å². The van der Waals surface area contributed by atoms with Crippen LogP contribution in [-0.2, 0) is 12.8 Å². The van der Waals surface area contributed by atoms with Gasteiger partial charge >= 0.3 is 0 Å². The molecule has 1 aliphatic rings. The van der Waals surface area contributed by atoms with Crippen LogP contribution < -0.4 is 11.1 Å². The molecule has 1 amide bonds. The first-order chi connectivity index (χ1) is 9.54. The fourth-order valence-corrected chi connectivity index (χ4v) is 3.17. The number of halogens is 2. The second-order valence-corrected chi connectivity index (χ2v) is 5.63. The summed E-state index contributed by atoms with van der Waals surface area (Å²) in [4.78, 5) is 17.4. The molecule has 7 heteroatoms. The second-order valence-electron chi connectivity index (χ2n) is 4.55. The van der Waals surface area contributed by atoms with Gasteiger partial charge in [0.15, 0.2) is 5.13 Å². The molecule has 0 bridgehead atoms. The maximum atomic E-state index is 13.3. The van der Waals surface area contributed by atoms with E-state index in [-0.39, 0.29) is 5.56 Å². The van der Waals surface area contributed by atoms with Crippen molar-refractivity contribution < 1.29 is 13.6 Å². The van der Waals surface area contributed by atoms with Gasteiger partial charge in [-0.1, -0.05) is 0 Å². The van der Waals surface area contributed by atoms with E-state index >= 15 is 0 Å². The molecular formula is C13H11F2N3OS. The Kier molecular flexibility index (Phi) is 3.13. The third-order valence-electron chi connectivity index (χ3n) is 3.16. The number of benzene rings is 1. The summed E-state index contributed by atoms with van der Waals surface area (Å²) in [5.74, 6) is -2.50. The van der Waals surface area contributed by atoms with E-state index in [2.05, 4.69) is 10.3 Å². The maximum absolute atomic E-state index is 13.3. The topological polar surface area (TPSA) is 68.0 Å². The fourth-order valence-electron chi connectivity index (χ4n) is 2.13. The molecule has 1 aromatic heterocycles. The number of nitrogens with one attached hydrogen (secondary N) is 1. The van der Waals surface area contributed by atoms with Gasteiger partial charge in [0.25, 0.3) is 5.91 Å². The number of fused-ring (bicyclic) bond motifs is 1. The highest BCUT2D eigenvalue weighted by molar-refractivity contribution is 7.15. The highest BCUT2D eigenvalue weighted by Gasteiger charge is 2.19. The summed E-state index contributed by atoms with van der Waals surface area (Å²) in [5, 5.41) is 3.01. The van der Waals surface area contributed by atoms with E-state index in [9.17, 15) is 13.6 Å². The van der Waals surface area contributed by atoms with Gasteiger partial charge in [0.1, 0.15) is 17.3 Å². The highest BCUT2D eigenvalue weighted by Crippen LogP contribution is 2.30. The summed E-state index contributed by atoms with van der Waals surface area (Å²) in [5.41, 5.74) is 5.45. The molecule has 4 nitrogen and oxygen atoms in total. The minimum Gasteiger partial charge on any atom is -0.394 e. The SMILES string of the molecule is Nc1c(F)cc(C(=O)Nc2nc3c(s2)CCC3)cc1F. The Hall–Kier alpha value is -2.02. The molecule has 0 atom stereocenters. The molecule has 1 aromatic carbocycles. The lowest BCUT2D eigenvalue weighted by atomic mass is 10.2. The molecule has 0 saturated carbocycles. The highest BCUT2D eigenvalue weighted by atomic mass is 32.1. The first-order valence-electron chi connectivity index (χ1n) is 6.09. The van der Waals surface area contributed by atoms with Crippen molar-refractivity contribution in [2.24, 2.45) is 0 Å². The van der Waals surface area contributed by atoms with Gasteiger partial charge in [-0.3, -0.25) is 10.1 Å². The first kappa shape index (κ1) is 13.0. The van der Waals surface area contributed by atoms with Crippen LogP contribution in [0, 0.1) is 11.6 Å². The summed E-state index contributed by atoms with van der Waals surface area (Å²) in [6.07, 6.45) is 2.96. The molecule has 0 fully saturated rings. The zero-order chi connectivity index (χ0) is 14.3. The molecule has 104 valence electrons. The van der Waals surface area contributed by atoms with Crippen LogP contribution in [-0.4, -0.2) is 10.9 Å². The summed E-state index contributed by atoms with van der Waals surface area (Å²) in [6.45, 7) is 0. The van der Waals surface area contributed by atoms with Gasteiger partial charge in [-0.25, -0.2) is 13.8 Å². The standard InChI is InChI=1S/C13H11F2N3OS/c14-7-4-6(5-8(15)11(7)16)12(19)18-13-17-9-2-1-3-10(9)20-13/h4-5H,1-3,16H2,(H,17,18,19). The van der Waals surface area contributed by atoms with Gasteiger partial charge < -0.3 is 5.73 Å². The molecule has 1 heterocycles. The number of hydrogen-bond donors (Lipinski definition) is 2. The van der Waals surface area contributed by atoms with Crippen LogP contribution in [0.25, 0.3) is 0 Å². The summed E-state index contributed by atoms with van der Waals surface area (Å²) >= 11 is 1.40. The molecule has 3 N–H and O–H groups in total. The zero-order valence-corrected chi connectivity index (χ0v) is 11.2. The Morgan fingerprint density at radius 3 is 2.65 bits per heavy atom. The number of nitrogens with two attached hydrogens (primary N) is 1. The number of amides is 1. The van der Waals surface area contributed by atoms with E-state index < -0.39 is 23.2 Å². The minimum atomic E-state index is -0.947. The van der Waals surface area contributed by atoms with Gasteiger partial charge in [0.2, 0.25) is 0 Å². The zero-order valence-electron chi connectivity index (χ0n) is 10.4. The van der Waals surface area contributed by atoms with E-state index in [4.69, 9.17) is 5.73 Å². The lowest BCUT2D eigenvalue weighted by Crippen LogP contribution is -2.13. The molecule has 0 radical (unpaired) electrons. The second kappa shape index (κ2) is 4.82. The Labute approximate surface area is 117 Å². The number of nitrogens with zero attached hydrogens (tertiary/aromatic N) is 1. The van der Waals surface area contributed by atoms with Crippen molar-refractivity contribution >= 4 is 28.1 Å². The van der Waals surface area contributed by atoms with Gasteiger partial charge in [0, 0.05) is 10.4 Å². The van der Waals surface area contributed by atoms with Crippen LogP contribution in [0.2, 0.25) is 0 Å². The number of hydrogen-bond acceptors (Lipinski definition) is 4. The largest absolute Gasteiger partial charge is 0.394 e. The average Bonchev–Trinajstić information content (AvgIpc) is 2.96. The molecule has 20 heavy (non-hydrogen) atoms. The van der Waals surface area contributed by atoms with Gasteiger partial charge in [0.05, 0.1) is 5.69 Å². The average molecular weight is 295 g/mol. The van der Waals surface area contributed by atoms with E-state index in [0.717, 1.165) is 42.0 Å².